The molecule has 0 amide bonds. The summed E-state index contributed by atoms with van der Waals surface area (Å²) in [5.41, 5.74) is 0.290. The van der Waals surface area contributed by atoms with Crippen molar-refractivity contribution in [2.45, 2.75) is 20.8 Å². The Morgan fingerprint density at radius 2 is 1.64 bits per heavy atom. The van der Waals surface area contributed by atoms with Crippen molar-refractivity contribution in [3.63, 3.8) is 0 Å². The maximum Gasteiger partial charge on any atom is -0.00388 e. The van der Waals surface area contributed by atoms with Gasteiger partial charge in [-0.1, -0.05) is 57.4 Å². The Bertz CT molecular complexity index is 186. The molecule has 0 heterocycles. The molecule has 0 saturated heterocycles. The minimum Gasteiger partial charge on any atom is -0.0976 e. The highest BCUT2D eigenvalue weighted by Crippen LogP contribution is 2.52. The van der Waals surface area contributed by atoms with Crippen molar-refractivity contribution in [3.8, 4) is 0 Å². The van der Waals surface area contributed by atoms with Gasteiger partial charge in [0.2, 0.25) is 0 Å². The van der Waals surface area contributed by atoms with Crippen molar-refractivity contribution in [1.82, 2.24) is 0 Å². The average molecular weight is 188 g/mol. The van der Waals surface area contributed by atoms with Crippen LogP contribution >= 0.6 is 6.04 Å². The van der Waals surface area contributed by atoms with Crippen molar-refractivity contribution in [3.05, 3.63) is 24.8 Å². The van der Waals surface area contributed by atoms with E-state index >= 15 is 0 Å². The van der Waals surface area contributed by atoms with Gasteiger partial charge < -0.3 is 0 Å². The molecule has 0 aliphatic carbocycles. The first-order chi connectivity index (χ1) is 4.83. The Hall–Kier alpha value is 0.130. The first kappa shape index (κ1) is 11.1. The van der Waals surface area contributed by atoms with E-state index in [2.05, 4.69) is 33.9 Å². The molecule has 0 saturated carbocycles. The van der Waals surface area contributed by atoms with E-state index in [0.29, 0.717) is 0 Å². The van der Waals surface area contributed by atoms with Crippen LogP contribution in [0, 0.1) is 5.41 Å². The molecule has 0 rings (SSSR count). The van der Waals surface area contributed by atoms with Crippen molar-refractivity contribution in [2.24, 2.45) is 5.41 Å². The monoisotopic (exact) mass is 188 g/mol. The van der Waals surface area contributed by atoms with E-state index in [1.807, 2.05) is 11.6 Å². The second-order valence-corrected chi connectivity index (χ2v) is 8.73. The second-order valence-electron chi connectivity index (χ2n) is 3.94. The molecule has 0 aliphatic heterocycles. The lowest BCUT2D eigenvalue weighted by molar-refractivity contribution is 0.478. The molecule has 11 heavy (non-hydrogen) atoms. The van der Waals surface area contributed by atoms with E-state index in [1.54, 1.807) is 0 Å². The van der Waals surface area contributed by atoms with Crippen LogP contribution in [0.25, 0.3) is 0 Å². The van der Waals surface area contributed by atoms with Crippen LogP contribution in [0.15, 0.2) is 24.8 Å². The van der Waals surface area contributed by atoms with Gasteiger partial charge in [0.1, 0.15) is 0 Å². The second kappa shape index (κ2) is 3.69. The summed E-state index contributed by atoms with van der Waals surface area (Å²) >= 11 is 5.43. The van der Waals surface area contributed by atoms with Crippen LogP contribution in [-0.4, -0.2) is 6.16 Å². The van der Waals surface area contributed by atoms with Crippen molar-refractivity contribution in [1.29, 1.82) is 0 Å². The molecule has 0 atom stereocenters. The SMILES string of the molecule is C=CP(=S)(C=C)CC(C)(C)C. The molecule has 0 aromatic heterocycles. The third kappa shape index (κ3) is 4.55. The standard InChI is InChI=1S/C9H17PS/c1-6-10(11,7-2)8-9(3,4)5/h6-7H,1-2,8H2,3-5H3. The maximum absolute atomic E-state index is 5.43. The minimum absolute atomic E-state index is 0.290. The molecule has 0 fully saturated rings. The van der Waals surface area contributed by atoms with Crippen molar-refractivity contribution >= 4 is 17.8 Å². The predicted molar refractivity (Wildman–Crippen MR) is 59.0 cm³/mol. The van der Waals surface area contributed by atoms with Gasteiger partial charge >= 0.3 is 0 Å². The summed E-state index contributed by atoms with van der Waals surface area (Å²) in [5.74, 6) is 3.81. The fraction of sp³-hybridized carbons (Fsp3) is 0.556. The molecule has 0 spiro atoms. The Morgan fingerprint density at radius 1 is 1.27 bits per heavy atom. The fourth-order valence-corrected chi connectivity index (χ4v) is 4.00. The van der Waals surface area contributed by atoms with Crippen LogP contribution in [0.3, 0.4) is 0 Å². The number of hydrogen-bond acceptors (Lipinski definition) is 1. The van der Waals surface area contributed by atoms with Gasteiger partial charge in [-0.05, 0) is 17.6 Å². The van der Waals surface area contributed by atoms with E-state index in [0.717, 1.165) is 6.16 Å². The Morgan fingerprint density at radius 3 is 1.73 bits per heavy atom. The topological polar surface area (TPSA) is 0 Å². The molecule has 0 radical (unpaired) electrons. The van der Waals surface area contributed by atoms with Crippen LogP contribution in [0.5, 0.6) is 0 Å². The lowest BCUT2D eigenvalue weighted by atomic mass is 10.0. The summed E-state index contributed by atoms with van der Waals surface area (Å²) in [7, 11) is 0. The molecule has 0 N–H and O–H groups in total. The molecule has 0 nitrogen and oxygen atoms in total. The van der Waals surface area contributed by atoms with Crippen LogP contribution in [0.4, 0.5) is 0 Å². The van der Waals surface area contributed by atoms with E-state index in [-0.39, 0.29) is 5.41 Å². The third-order valence-electron chi connectivity index (χ3n) is 1.34. The van der Waals surface area contributed by atoms with Gasteiger partial charge in [0.05, 0.1) is 0 Å². The summed E-state index contributed by atoms with van der Waals surface area (Å²) in [4.78, 5) is 0. The minimum atomic E-state index is -1.44. The van der Waals surface area contributed by atoms with E-state index in [1.165, 1.54) is 0 Å². The van der Waals surface area contributed by atoms with Crippen LogP contribution in [0.2, 0.25) is 0 Å². The van der Waals surface area contributed by atoms with Crippen molar-refractivity contribution in [2.75, 3.05) is 6.16 Å². The van der Waals surface area contributed by atoms with Crippen LogP contribution in [-0.2, 0) is 11.8 Å². The zero-order valence-electron chi connectivity index (χ0n) is 7.63. The van der Waals surface area contributed by atoms with Gasteiger partial charge in [-0.25, -0.2) is 0 Å². The Labute approximate surface area is 75.4 Å². The van der Waals surface area contributed by atoms with Crippen LogP contribution < -0.4 is 0 Å². The number of hydrogen-bond donors (Lipinski definition) is 0. The normalized spacial score (nSPS) is 12.6. The molecule has 2 heteroatoms. The Kier molecular flexibility index (Phi) is 3.73. The zero-order valence-corrected chi connectivity index (χ0v) is 9.34. The fourth-order valence-electron chi connectivity index (χ4n) is 0.945. The lowest BCUT2D eigenvalue weighted by Crippen LogP contribution is -2.10. The molecule has 0 aromatic rings. The lowest BCUT2D eigenvalue weighted by Gasteiger charge is -2.24. The molecule has 0 aromatic carbocycles. The summed E-state index contributed by atoms with van der Waals surface area (Å²) in [6.07, 6.45) is 1.03. The maximum atomic E-state index is 5.43. The quantitative estimate of drug-likeness (QED) is 0.607. The summed E-state index contributed by atoms with van der Waals surface area (Å²) < 4.78 is 0. The van der Waals surface area contributed by atoms with E-state index < -0.39 is 6.04 Å². The largest absolute Gasteiger partial charge is 0.0976 e. The smallest absolute Gasteiger partial charge is 0.00388 e. The Balaban J connectivity index is 4.45. The molecular formula is C9H17PS. The molecule has 0 aliphatic rings. The molecule has 0 unspecified atom stereocenters. The molecule has 0 bridgehead atoms. The van der Waals surface area contributed by atoms with Crippen molar-refractivity contribution < 1.29 is 0 Å². The average Bonchev–Trinajstić information content (AvgIpc) is 1.84. The highest BCUT2D eigenvalue weighted by atomic mass is 32.4. The van der Waals surface area contributed by atoms with E-state index in [4.69, 9.17) is 11.8 Å². The van der Waals surface area contributed by atoms with Gasteiger partial charge in [0, 0.05) is 0 Å². The third-order valence-corrected chi connectivity index (χ3v) is 5.30. The van der Waals surface area contributed by atoms with Gasteiger partial charge in [0.15, 0.2) is 0 Å². The van der Waals surface area contributed by atoms with Gasteiger partial charge in [-0.2, -0.15) is 0 Å². The molecular weight excluding hydrogens is 171 g/mol. The van der Waals surface area contributed by atoms with E-state index in [9.17, 15) is 0 Å². The highest BCUT2D eigenvalue weighted by molar-refractivity contribution is 8.17. The summed E-state index contributed by atoms with van der Waals surface area (Å²) in [5, 5.41) is 0. The zero-order chi connectivity index (χ0) is 9.12. The summed E-state index contributed by atoms with van der Waals surface area (Å²) in [6.45, 7) is 14.1. The molecule has 64 valence electrons. The summed E-state index contributed by atoms with van der Waals surface area (Å²) in [6, 6.07) is -1.44. The highest BCUT2D eigenvalue weighted by Gasteiger charge is 2.18. The van der Waals surface area contributed by atoms with Gasteiger partial charge in [0.25, 0.3) is 0 Å². The first-order valence-electron chi connectivity index (χ1n) is 3.69. The van der Waals surface area contributed by atoms with Gasteiger partial charge in [-0.15, -0.1) is 0 Å². The first-order valence-corrected chi connectivity index (χ1v) is 6.81. The number of rotatable bonds is 3. The van der Waals surface area contributed by atoms with Crippen LogP contribution in [0.1, 0.15) is 20.8 Å². The predicted octanol–water partition coefficient (Wildman–Crippen LogP) is 3.80. The van der Waals surface area contributed by atoms with Gasteiger partial charge in [-0.3, -0.25) is 0 Å².